The summed E-state index contributed by atoms with van der Waals surface area (Å²) in [4.78, 5) is 5.12. The minimum atomic E-state index is -0.229. The van der Waals surface area contributed by atoms with Gasteiger partial charge in [0.1, 0.15) is 11.2 Å². The molecule has 0 atom stereocenters. The van der Waals surface area contributed by atoms with E-state index in [1.165, 1.54) is 22.3 Å². The number of benzene rings is 7. The average Bonchev–Trinajstić information content (AvgIpc) is 3.94. The Hall–Kier alpha value is -7.55. The fraction of sp³-hybridized carbons (Fsp3) is 0.0577. The third-order valence-corrected chi connectivity index (χ3v) is 11.7. The first-order chi connectivity index (χ1) is 27.9. The summed E-state index contributed by atoms with van der Waals surface area (Å²) in [5.41, 5.74) is 17.5. The number of nitriles is 1. The molecule has 1 aliphatic carbocycles. The Morgan fingerprint density at radius 3 is 2.02 bits per heavy atom. The summed E-state index contributed by atoms with van der Waals surface area (Å²) in [6.07, 6.45) is 2.07. The van der Waals surface area contributed by atoms with E-state index in [9.17, 15) is 5.26 Å². The van der Waals surface area contributed by atoms with E-state index < -0.39 is 0 Å². The molecule has 5 heteroatoms. The van der Waals surface area contributed by atoms with E-state index in [4.69, 9.17) is 14.5 Å². The molecule has 0 amide bonds. The third kappa shape index (κ3) is 5.22. The Labute approximate surface area is 329 Å². The van der Waals surface area contributed by atoms with E-state index in [0.717, 1.165) is 77.7 Å². The van der Waals surface area contributed by atoms with Crippen LogP contribution in [0.2, 0.25) is 0 Å². The molecule has 5 nitrogen and oxygen atoms in total. The van der Waals surface area contributed by atoms with Crippen LogP contribution in [0.15, 0.2) is 174 Å². The lowest BCUT2D eigenvalue weighted by Crippen LogP contribution is -2.15. The molecule has 0 unspecified atom stereocenters. The van der Waals surface area contributed by atoms with Crippen molar-refractivity contribution in [3.8, 4) is 73.1 Å². The maximum absolute atomic E-state index is 9.59. The second kappa shape index (κ2) is 12.5. The Morgan fingerprint density at radius 2 is 1.21 bits per heavy atom. The third-order valence-electron chi connectivity index (χ3n) is 11.7. The molecule has 3 heterocycles. The van der Waals surface area contributed by atoms with E-state index in [1.807, 2.05) is 28.8 Å². The van der Waals surface area contributed by atoms with Crippen LogP contribution in [0.3, 0.4) is 0 Å². The minimum absolute atomic E-state index is 0.229. The molecule has 0 spiro atoms. The number of furan rings is 1. The van der Waals surface area contributed by atoms with E-state index in [-0.39, 0.29) is 5.41 Å². The van der Waals surface area contributed by atoms with Gasteiger partial charge in [-0.05, 0) is 92.5 Å². The van der Waals surface area contributed by atoms with Crippen molar-refractivity contribution in [1.82, 2.24) is 14.6 Å². The average molecular weight is 731 g/mol. The summed E-state index contributed by atoms with van der Waals surface area (Å²) in [6.45, 7) is 4.49. The topological polar surface area (TPSA) is 67.1 Å². The van der Waals surface area contributed by atoms with Gasteiger partial charge in [0.15, 0.2) is 11.5 Å². The molecule has 0 saturated heterocycles. The first-order valence-corrected chi connectivity index (χ1v) is 19.2. The second-order valence-corrected chi connectivity index (χ2v) is 15.4. The second-order valence-electron chi connectivity index (χ2n) is 15.4. The Bertz CT molecular complexity index is 3270. The highest BCUT2D eigenvalue weighted by molar-refractivity contribution is 6.10. The molecule has 7 aromatic carbocycles. The number of pyridine rings is 1. The standard InChI is InChI=1S/C52H34N4O/c1-52(2)46-25-32(30-53)19-22-41(46)42-23-20-37(29-47(42)52)40-17-10-18-43-45-27-36(21-24-48(45)57-49(40)43)35-15-9-16-38(26-35)50-54-51-44(34-13-7-4-8-14-34)28-39(31-56(51)55-50)33-11-5-3-6-12-33/h3-29,31H,1-2H3. The fourth-order valence-electron chi connectivity index (χ4n) is 8.74. The van der Waals surface area contributed by atoms with Crippen LogP contribution in [0.5, 0.6) is 0 Å². The largest absolute Gasteiger partial charge is 0.455 e. The van der Waals surface area contributed by atoms with Crippen LogP contribution in [-0.2, 0) is 5.41 Å². The molecule has 0 saturated carbocycles. The summed E-state index contributed by atoms with van der Waals surface area (Å²) >= 11 is 0. The summed E-state index contributed by atoms with van der Waals surface area (Å²) < 4.78 is 8.57. The lowest BCUT2D eigenvalue weighted by Gasteiger charge is -2.22. The molecule has 11 rings (SSSR count). The van der Waals surface area contributed by atoms with Crippen LogP contribution < -0.4 is 0 Å². The molecule has 0 N–H and O–H groups in total. The van der Waals surface area contributed by atoms with Gasteiger partial charge in [-0.25, -0.2) is 9.50 Å². The van der Waals surface area contributed by atoms with Gasteiger partial charge >= 0.3 is 0 Å². The van der Waals surface area contributed by atoms with Crippen molar-refractivity contribution < 1.29 is 4.42 Å². The Kier molecular flexibility index (Phi) is 7.20. The van der Waals surface area contributed by atoms with E-state index in [0.29, 0.717) is 11.4 Å². The number of nitrogens with zero attached hydrogens (tertiary/aromatic N) is 4. The van der Waals surface area contributed by atoms with Gasteiger partial charge in [0.05, 0.1) is 11.6 Å². The lowest BCUT2D eigenvalue weighted by atomic mass is 9.81. The van der Waals surface area contributed by atoms with Gasteiger partial charge in [0.2, 0.25) is 0 Å². The van der Waals surface area contributed by atoms with E-state index in [2.05, 4.69) is 166 Å². The van der Waals surface area contributed by atoms with Crippen molar-refractivity contribution in [3.63, 3.8) is 0 Å². The Balaban J connectivity index is 0.976. The zero-order valence-electron chi connectivity index (χ0n) is 31.4. The molecule has 0 bridgehead atoms. The van der Waals surface area contributed by atoms with Crippen molar-refractivity contribution >= 4 is 27.6 Å². The first kappa shape index (κ1) is 32.8. The highest BCUT2D eigenvalue weighted by Crippen LogP contribution is 2.50. The summed E-state index contributed by atoms with van der Waals surface area (Å²) in [7, 11) is 0. The van der Waals surface area contributed by atoms with Crippen molar-refractivity contribution in [2.75, 3.05) is 0 Å². The van der Waals surface area contributed by atoms with Crippen LogP contribution in [0.4, 0.5) is 0 Å². The molecule has 0 fully saturated rings. The maximum Gasteiger partial charge on any atom is 0.182 e. The molecule has 1 aliphatic rings. The highest BCUT2D eigenvalue weighted by Gasteiger charge is 2.36. The number of para-hydroxylation sites is 1. The molecule has 0 aliphatic heterocycles. The molecule has 10 aromatic rings. The normalized spacial score (nSPS) is 12.9. The van der Waals surface area contributed by atoms with Crippen LogP contribution in [0, 0.1) is 11.3 Å². The van der Waals surface area contributed by atoms with Crippen LogP contribution in [0.1, 0.15) is 30.5 Å². The van der Waals surface area contributed by atoms with Gasteiger partial charge in [-0.3, -0.25) is 0 Å². The van der Waals surface area contributed by atoms with Gasteiger partial charge in [-0.1, -0.05) is 135 Å². The molecule has 268 valence electrons. The monoisotopic (exact) mass is 730 g/mol. The molecule has 0 radical (unpaired) electrons. The van der Waals surface area contributed by atoms with Crippen LogP contribution in [-0.4, -0.2) is 14.6 Å². The van der Waals surface area contributed by atoms with Crippen LogP contribution >= 0.6 is 0 Å². The fourth-order valence-corrected chi connectivity index (χ4v) is 8.74. The first-order valence-electron chi connectivity index (χ1n) is 19.2. The molecular weight excluding hydrogens is 697 g/mol. The Morgan fingerprint density at radius 1 is 0.526 bits per heavy atom. The summed E-state index contributed by atoms with van der Waals surface area (Å²) in [5.74, 6) is 0.671. The van der Waals surface area contributed by atoms with Crippen molar-refractivity contribution in [2.45, 2.75) is 19.3 Å². The SMILES string of the molecule is CC1(C)c2cc(C#N)ccc2-c2ccc(-c3cccc4c3oc3ccc(-c5cccc(-c6nc7c(-c8ccccc8)cc(-c8ccccc8)cn7n6)c5)cc34)cc21. The zero-order valence-corrected chi connectivity index (χ0v) is 31.4. The van der Waals surface area contributed by atoms with Gasteiger partial charge in [-0.15, -0.1) is 5.10 Å². The maximum atomic E-state index is 9.59. The van der Waals surface area contributed by atoms with E-state index >= 15 is 0 Å². The van der Waals surface area contributed by atoms with E-state index in [1.54, 1.807) is 0 Å². The minimum Gasteiger partial charge on any atom is -0.455 e. The predicted molar refractivity (Wildman–Crippen MR) is 230 cm³/mol. The predicted octanol–water partition coefficient (Wildman–Crippen LogP) is 13.1. The number of hydrogen-bond acceptors (Lipinski definition) is 4. The van der Waals surface area contributed by atoms with Crippen molar-refractivity contribution in [3.05, 3.63) is 187 Å². The number of aromatic nitrogens is 3. The highest BCUT2D eigenvalue weighted by atomic mass is 16.3. The quantitative estimate of drug-likeness (QED) is 0.177. The number of hydrogen-bond donors (Lipinski definition) is 0. The summed E-state index contributed by atoms with van der Waals surface area (Å²) in [6, 6.07) is 59.4. The van der Waals surface area contributed by atoms with Gasteiger partial charge in [0, 0.05) is 44.6 Å². The van der Waals surface area contributed by atoms with Crippen molar-refractivity contribution in [2.24, 2.45) is 0 Å². The van der Waals surface area contributed by atoms with Crippen molar-refractivity contribution in [1.29, 1.82) is 5.26 Å². The summed E-state index contributed by atoms with van der Waals surface area (Å²) in [5, 5.41) is 16.8. The van der Waals surface area contributed by atoms with Gasteiger partial charge in [0.25, 0.3) is 0 Å². The molecule has 57 heavy (non-hydrogen) atoms. The van der Waals surface area contributed by atoms with Gasteiger partial charge < -0.3 is 4.42 Å². The molecular formula is C52H34N4O. The zero-order chi connectivity index (χ0) is 38.3. The molecule has 3 aromatic heterocycles. The number of fused-ring (bicyclic) bond motifs is 7. The van der Waals surface area contributed by atoms with Crippen LogP contribution in [0.25, 0.3) is 94.6 Å². The number of rotatable bonds is 5. The smallest absolute Gasteiger partial charge is 0.182 e. The van der Waals surface area contributed by atoms with Gasteiger partial charge in [-0.2, -0.15) is 5.26 Å². The lowest BCUT2D eigenvalue weighted by molar-refractivity contribution is 0.660.